The molecule has 21 heavy (non-hydrogen) atoms. The van der Waals surface area contributed by atoms with Crippen LogP contribution in [0.1, 0.15) is 37.6 Å². The molecule has 0 unspecified atom stereocenters. The van der Waals surface area contributed by atoms with Crippen LogP contribution in [0.25, 0.3) is 0 Å². The van der Waals surface area contributed by atoms with Crippen LogP contribution in [0.2, 0.25) is 0 Å². The van der Waals surface area contributed by atoms with Crippen molar-refractivity contribution in [1.82, 2.24) is 5.32 Å². The fourth-order valence-electron chi connectivity index (χ4n) is 1.94. The van der Waals surface area contributed by atoms with Gasteiger partial charge in [0.2, 0.25) is 0 Å². The van der Waals surface area contributed by atoms with E-state index in [1.807, 2.05) is 26.0 Å². The molecule has 0 heterocycles. The number of ether oxygens (including phenoxy) is 1. The fourth-order valence-corrected chi connectivity index (χ4v) is 1.94. The molecule has 0 aliphatic carbocycles. The first-order chi connectivity index (χ1) is 10.0. The molecule has 0 spiro atoms. The van der Waals surface area contributed by atoms with Crippen LogP contribution in [0.3, 0.4) is 0 Å². The van der Waals surface area contributed by atoms with E-state index in [-0.39, 0.29) is 11.8 Å². The van der Waals surface area contributed by atoms with E-state index in [1.54, 1.807) is 12.1 Å². The molecule has 1 rings (SSSR count). The Bertz CT molecular complexity index is 486. The quantitative estimate of drug-likeness (QED) is 0.757. The minimum atomic E-state index is -0.651. The number of benzene rings is 1. The van der Waals surface area contributed by atoms with Crippen LogP contribution in [0, 0.1) is 5.92 Å². The van der Waals surface area contributed by atoms with E-state index in [2.05, 4.69) is 17.6 Å². The number of esters is 1. The normalized spacial score (nSPS) is 11.9. The molecule has 0 aliphatic rings. The highest BCUT2D eigenvalue weighted by Crippen LogP contribution is 2.16. The number of anilines is 1. The molecule has 0 radical (unpaired) electrons. The second-order valence-electron chi connectivity index (χ2n) is 5.19. The molecule has 116 valence electrons. The van der Waals surface area contributed by atoms with Gasteiger partial charge in [-0.25, -0.2) is 4.79 Å². The molecular formula is C16H24N2O3. The largest absolute Gasteiger partial charge is 0.467 e. The van der Waals surface area contributed by atoms with Gasteiger partial charge in [-0.3, -0.25) is 4.79 Å². The number of carbonyl (C=O) groups is 2. The lowest BCUT2D eigenvalue weighted by atomic mass is 10.0. The van der Waals surface area contributed by atoms with E-state index in [0.717, 1.165) is 18.7 Å². The average molecular weight is 292 g/mol. The Hall–Kier alpha value is -2.04. The zero-order chi connectivity index (χ0) is 15.8. The molecule has 0 saturated heterocycles. The topological polar surface area (TPSA) is 67.4 Å². The van der Waals surface area contributed by atoms with Gasteiger partial charge in [0.1, 0.15) is 6.04 Å². The first-order valence-electron chi connectivity index (χ1n) is 7.22. The Morgan fingerprint density at radius 2 is 1.90 bits per heavy atom. The smallest absolute Gasteiger partial charge is 0.328 e. The molecule has 0 aliphatic heterocycles. The van der Waals surface area contributed by atoms with Gasteiger partial charge in [0.25, 0.3) is 5.91 Å². The minimum Gasteiger partial charge on any atom is -0.467 e. The Kier molecular flexibility index (Phi) is 6.72. The molecule has 0 bridgehead atoms. The number of hydrogen-bond acceptors (Lipinski definition) is 4. The second-order valence-corrected chi connectivity index (χ2v) is 5.19. The van der Waals surface area contributed by atoms with Crippen molar-refractivity contribution in [1.29, 1.82) is 0 Å². The van der Waals surface area contributed by atoms with Crippen LogP contribution in [-0.2, 0) is 9.53 Å². The Balaban J connectivity index is 2.90. The first-order valence-corrected chi connectivity index (χ1v) is 7.22. The van der Waals surface area contributed by atoms with Crippen molar-refractivity contribution in [3.63, 3.8) is 0 Å². The lowest BCUT2D eigenvalue weighted by Gasteiger charge is -2.20. The predicted octanol–water partition coefficient (Wildman–Crippen LogP) is 2.44. The SMILES string of the molecule is CCCNc1ccccc1C(=O)N[C@H](C(=O)OC)C(C)C. The zero-order valence-electron chi connectivity index (χ0n) is 13.1. The van der Waals surface area contributed by atoms with E-state index in [9.17, 15) is 9.59 Å². The standard InChI is InChI=1S/C16H24N2O3/c1-5-10-17-13-9-7-6-8-12(13)15(19)18-14(11(2)3)16(20)21-4/h6-9,11,14,17H,5,10H2,1-4H3,(H,18,19)/t14-/m0/s1. The summed E-state index contributed by atoms with van der Waals surface area (Å²) in [5.41, 5.74) is 1.30. The Morgan fingerprint density at radius 1 is 1.24 bits per heavy atom. The van der Waals surface area contributed by atoms with E-state index < -0.39 is 12.0 Å². The molecule has 2 N–H and O–H groups in total. The molecule has 0 aromatic heterocycles. The highest BCUT2D eigenvalue weighted by Gasteiger charge is 2.26. The van der Waals surface area contributed by atoms with Crippen LogP contribution < -0.4 is 10.6 Å². The molecule has 1 amide bonds. The van der Waals surface area contributed by atoms with Crippen LogP contribution in [0.4, 0.5) is 5.69 Å². The third-order valence-corrected chi connectivity index (χ3v) is 3.15. The molecule has 1 aromatic rings. The third kappa shape index (κ3) is 4.77. The average Bonchev–Trinajstić information content (AvgIpc) is 2.49. The second kappa shape index (κ2) is 8.29. The number of carbonyl (C=O) groups excluding carboxylic acids is 2. The number of methoxy groups -OCH3 is 1. The molecule has 0 fully saturated rings. The van der Waals surface area contributed by atoms with Gasteiger partial charge >= 0.3 is 5.97 Å². The first kappa shape index (κ1) is 17.0. The maximum absolute atomic E-state index is 12.4. The van der Waals surface area contributed by atoms with Crippen molar-refractivity contribution >= 4 is 17.6 Å². The van der Waals surface area contributed by atoms with Crippen molar-refractivity contribution in [2.24, 2.45) is 5.92 Å². The van der Waals surface area contributed by atoms with Crippen molar-refractivity contribution in [3.8, 4) is 0 Å². The summed E-state index contributed by atoms with van der Waals surface area (Å²) in [7, 11) is 1.32. The lowest BCUT2D eigenvalue weighted by molar-refractivity contribution is -0.144. The number of nitrogens with one attached hydrogen (secondary N) is 2. The highest BCUT2D eigenvalue weighted by atomic mass is 16.5. The van der Waals surface area contributed by atoms with E-state index in [0.29, 0.717) is 5.56 Å². The van der Waals surface area contributed by atoms with Gasteiger partial charge in [-0.1, -0.05) is 32.9 Å². The van der Waals surface area contributed by atoms with Gasteiger partial charge in [-0.2, -0.15) is 0 Å². The van der Waals surface area contributed by atoms with Crippen molar-refractivity contribution in [2.45, 2.75) is 33.2 Å². The molecule has 5 nitrogen and oxygen atoms in total. The molecular weight excluding hydrogens is 268 g/mol. The van der Waals surface area contributed by atoms with Gasteiger partial charge in [-0.15, -0.1) is 0 Å². The summed E-state index contributed by atoms with van der Waals surface area (Å²) >= 11 is 0. The number of amides is 1. The third-order valence-electron chi connectivity index (χ3n) is 3.15. The summed E-state index contributed by atoms with van der Waals surface area (Å²) in [4.78, 5) is 24.1. The maximum atomic E-state index is 12.4. The molecule has 1 atom stereocenters. The maximum Gasteiger partial charge on any atom is 0.328 e. The summed E-state index contributed by atoms with van der Waals surface area (Å²) in [6, 6.07) is 6.61. The minimum absolute atomic E-state index is 0.0443. The highest BCUT2D eigenvalue weighted by molar-refractivity contribution is 6.01. The fraction of sp³-hybridized carbons (Fsp3) is 0.500. The van der Waals surface area contributed by atoms with E-state index in [4.69, 9.17) is 4.74 Å². The summed E-state index contributed by atoms with van der Waals surface area (Å²) in [5, 5.41) is 5.96. The number of rotatable bonds is 7. The van der Waals surface area contributed by atoms with Crippen molar-refractivity contribution in [2.75, 3.05) is 19.0 Å². The van der Waals surface area contributed by atoms with Crippen molar-refractivity contribution in [3.05, 3.63) is 29.8 Å². The Labute approximate surface area is 126 Å². The summed E-state index contributed by atoms with van der Waals surface area (Å²) in [6.45, 7) is 6.57. The number of hydrogen-bond donors (Lipinski definition) is 2. The van der Waals surface area contributed by atoms with E-state index >= 15 is 0 Å². The zero-order valence-corrected chi connectivity index (χ0v) is 13.1. The monoisotopic (exact) mass is 292 g/mol. The van der Waals surface area contributed by atoms with Crippen molar-refractivity contribution < 1.29 is 14.3 Å². The van der Waals surface area contributed by atoms with Crippen LogP contribution in [0.5, 0.6) is 0 Å². The predicted molar refractivity (Wildman–Crippen MR) is 83.3 cm³/mol. The van der Waals surface area contributed by atoms with Gasteiger partial charge in [0.05, 0.1) is 12.7 Å². The summed E-state index contributed by atoms with van der Waals surface area (Å²) in [6.07, 6.45) is 0.965. The van der Waals surface area contributed by atoms with E-state index in [1.165, 1.54) is 7.11 Å². The van der Waals surface area contributed by atoms with Gasteiger partial charge in [0.15, 0.2) is 0 Å². The lowest BCUT2D eigenvalue weighted by Crippen LogP contribution is -2.45. The molecule has 1 aromatic carbocycles. The van der Waals surface area contributed by atoms with Crippen LogP contribution in [-0.4, -0.2) is 31.6 Å². The Morgan fingerprint density at radius 3 is 2.48 bits per heavy atom. The summed E-state index contributed by atoms with van der Waals surface area (Å²) in [5.74, 6) is -0.757. The molecule has 5 heteroatoms. The van der Waals surface area contributed by atoms with Crippen LogP contribution in [0.15, 0.2) is 24.3 Å². The summed E-state index contributed by atoms with van der Waals surface area (Å²) < 4.78 is 4.74. The van der Waals surface area contributed by atoms with Gasteiger partial charge in [-0.05, 0) is 24.5 Å². The molecule has 0 saturated carbocycles. The number of para-hydroxylation sites is 1. The van der Waals surface area contributed by atoms with Gasteiger partial charge in [0, 0.05) is 12.2 Å². The van der Waals surface area contributed by atoms with Gasteiger partial charge < -0.3 is 15.4 Å². The van der Waals surface area contributed by atoms with Crippen LogP contribution >= 0.6 is 0 Å².